The van der Waals surface area contributed by atoms with E-state index in [4.69, 9.17) is 21.4 Å². The number of ether oxygens (including phenoxy) is 1. The van der Waals surface area contributed by atoms with Crippen LogP contribution in [0.4, 0.5) is 0 Å². The molecule has 7 nitrogen and oxygen atoms in total. The van der Waals surface area contributed by atoms with E-state index in [0.29, 0.717) is 17.2 Å². The van der Waals surface area contributed by atoms with E-state index >= 15 is 0 Å². The Balaban J connectivity index is 2.60. The average Bonchev–Trinajstić information content (AvgIpc) is 2.51. The normalized spacial score (nSPS) is 11.7. The lowest BCUT2D eigenvalue weighted by molar-refractivity contribution is -0.142. The fourth-order valence-corrected chi connectivity index (χ4v) is 2.20. The maximum Gasteiger partial charge on any atom is 0.326 e. The van der Waals surface area contributed by atoms with Crippen molar-refractivity contribution >= 4 is 29.4 Å². The number of carbonyl (C=O) groups excluding carboxylic acids is 2. The fraction of sp³-hybridized carbons (Fsp3) is 0.438. The maximum atomic E-state index is 12.0. The number of hydrogen-bond donors (Lipinski definition) is 3. The van der Waals surface area contributed by atoms with E-state index in [2.05, 4.69) is 10.6 Å². The number of hydrogen-bond acceptors (Lipinski definition) is 4. The van der Waals surface area contributed by atoms with E-state index < -0.39 is 23.8 Å². The number of rotatable bonds is 8. The van der Waals surface area contributed by atoms with Crippen LogP contribution < -0.4 is 15.4 Å². The van der Waals surface area contributed by atoms with Gasteiger partial charge in [-0.1, -0.05) is 25.4 Å². The zero-order valence-corrected chi connectivity index (χ0v) is 14.5. The van der Waals surface area contributed by atoms with Crippen molar-refractivity contribution in [2.24, 2.45) is 5.92 Å². The Morgan fingerprint density at radius 3 is 2.50 bits per heavy atom. The van der Waals surface area contributed by atoms with E-state index in [1.807, 2.05) is 13.8 Å². The first-order valence-corrected chi connectivity index (χ1v) is 7.76. The van der Waals surface area contributed by atoms with Gasteiger partial charge in [0.1, 0.15) is 11.8 Å². The summed E-state index contributed by atoms with van der Waals surface area (Å²) in [7, 11) is 1.43. The van der Waals surface area contributed by atoms with Gasteiger partial charge < -0.3 is 20.5 Å². The first-order chi connectivity index (χ1) is 11.2. The molecular weight excluding hydrogens is 336 g/mol. The number of amides is 2. The lowest BCUT2D eigenvalue weighted by Crippen LogP contribution is -2.46. The van der Waals surface area contributed by atoms with Crippen LogP contribution in [0.1, 0.15) is 30.6 Å². The van der Waals surface area contributed by atoms with Crippen LogP contribution in [0.3, 0.4) is 0 Å². The van der Waals surface area contributed by atoms with Crippen molar-refractivity contribution in [2.45, 2.75) is 26.3 Å². The van der Waals surface area contributed by atoms with E-state index in [1.54, 1.807) is 0 Å². The fourth-order valence-electron chi connectivity index (χ4n) is 2.00. The van der Waals surface area contributed by atoms with Crippen molar-refractivity contribution in [3.05, 3.63) is 28.8 Å². The number of carbonyl (C=O) groups is 3. The number of carboxylic acid groups (broad SMARTS) is 1. The summed E-state index contributed by atoms with van der Waals surface area (Å²) in [5.74, 6) is -1.71. The molecule has 0 unspecified atom stereocenters. The van der Waals surface area contributed by atoms with Crippen molar-refractivity contribution in [1.82, 2.24) is 10.6 Å². The molecule has 24 heavy (non-hydrogen) atoms. The molecule has 0 bridgehead atoms. The minimum Gasteiger partial charge on any atom is -0.495 e. The highest BCUT2D eigenvalue weighted by Gasteiger charge is 2.21. The second kappa shape index (κ2) is 9.12. The lowest BCUT2D eigenvalue weighted by atomic mass is 10.0. The zero-order chi connectivity index (χ0) is 18.3. The molecule has 0 aliphatic heterocycles. The number of carboxylic acids is 1. The van der Waals surface area contributed by atoms with Gasteiger partial charge in [0.25, 0.3) is 5.91 Å². The van der Waals surface area contributed by atoms with Gasteiger partial charge in [0.15, 0.2) is 0 Å². The number of aliphatic carboxylic acids is 1. The Morgan fingerprint density at radius 2 is 1.96 bits per heavy atom. The van der Waals surface area contributed by atoms with Crippen molar-refractivity contribution in [1.29, 1.82) is 0 Å². The number of methoxy groups -OCH3 is 1. The van der Waals surface area contributed by atoms with Gasteiger partial charge in [-0.05, 0) is 30.5 Å². The van der Waals surface area contributed by atoms with Crippen LogP contribution in [-0.4, -0.2) is 42.6 Å². The van der Waals surface area contributed by atoms with E-state index in [0.717, 1.165) is 0 Å². The van der Waals surface area contributed by atoms with Gasteiger partial charge in [-0.3, -0.25) is 9.59 Å². The van der Waals surface area contributed by atoms with Gasteiger partial charge in [0, 0.05) is 5.56 Å². The second-order valence-electron chi connectivity index (χ2n) is 5.62. The number of benzene rings is 1. The van der Waals surface area contributed by atoms with Gasteiger partial charge in [-0.2, -0.15) is 0 Å². The summed E-state index contributed by atoms with van der Waals surface area (Å²) in [5.41, 5.74) is 0.279. The van der Waals surface area contributed by atoms with Gasteiger partial charge in [-0.25, -0.2) is 4.79 Å². The van der Waals surface area contributed by atoms with Crippen LogP contribution in [0.2, 0.25) is 5.02 Å². The largest absolute Gasteiger partial charge is 0.495 e. The molecule has 8 heteroatoms. The van der Waals surface area contributed by atoms with Crippen molar-refractivity contribution < 1.29 is 24.2 Å². The van der Waals surface area contributed by atoms with Crippen LogP contribution in [-0.2, 0) is 9.59 Å². The summed E-state index contributed by atoms with van der Waals surface area (Å²) >= 11 is 5.88. The molecule has 0 fully saturated rings. The number of nitrogens with one attached hydrogen (secondary N) is 2. The standard InChI is InChI=1S/C16H21ClN2O5/c1-9(2)6-12(16(22)23)19-14(20)8-18-15(21)10-4-5-11(17)13(7-10)24-3/h4-5,7,9,12H,6,8H2,1-3H3,(H,18,21)(H,19,20)(H,22,23)/t12-/m0/s1. The minimum absolute atomic E-state index is 0.113. The molecule has 2 amide bonds. The van der Waals surface area contributed by atoms with Gasteiger partial charge in [0.05, 0.1) is 18.7 Å². The molecule has 1 rings (SSSR count). The summed E-state index contributed by atoms with van der Waals surface area (Å²) in [6.45, 7) is 3.39. The molecule has 0 aliphatic rings. The zero-order valence-electron chi connectivity index (χ0n) is 13.8. The topological polar surface area (TPSA) is 105 Å². The molecule has 1 atom stereocenters. The Hall–Kier alpha value is -2.28. The van der Waals surface area contributed by atoms with Gasteiger partial charge in [-0.15, -0.1) is 0 Å². The molecule has 0 heterocycles. The predicted octanol–water partition coefficient (Wildman–Crippen LogP) is 1.69. The lowest BCUT2D eigenvalue weighted by Gasteiger charge is -2.16. The summed E-state index contributed by atoms with van der Waals surface area (Å²) in [6, 6.07) is 3.48. The van der Waals surface area contributed by atoms with Crippen LogP contribution in [0.25, 0.3) is 0 Å². The third-order valence-corrected chi connectivity index (χ3v) is 3.48. The Bertz CT molecular complexity index is 618. The third-order valence-electron chi connectivity index (χ3n) is 3.16. The molecule has 0 radical (unpaired) electrons. The van der Waals surface area contributed by atoms with Crippen molar-refractivity contribution in [3.8, 4) is 5.75 Å². The molecule has 0 spiro atoms. The highest BCUT2D eigenvalue weighted by atomic mass is 35.5. The Labute approximate surface area is 145 Å². The molecule has 132 valence electrons. The van der Waals surface area contributed by atoms with Crippen LogP contribution in [0.5, 0.6) is 5.75 Å². The monoisotopic (exact) mass is 356 g/mol. The third kappa shape index (κ3) is 6.08. The highest BCUT2D eigenvalue weighted by molar-refractivity contribution is 6.32. The molecule has 0 saturated carbocycles. The predicted molar refractivity (Wildman–Crippen MR) is 89.4 cm³/mol. The van der Waals surface area contributed by atoms with E-state index in [-0.39, 0.29) is 18.0 Å². The Morgan fingerprint density at radius 1 is 1.29 bits per heavy atom. The van der Waals surface area contributed by atoms with Gasteiger partial charge in [0.2, 0.25) is 5.91 Å². The summed E-state index contributed by atoms with van der Waals surface area (Å²) in [5, 5.41) is 14.3. The molecule has 1 aromatic rings. The van der Waals surface area contributed by atoms with E-state index in [1.165, 1.54) is 25.3 Å². The molecule has 0 aliphatic carbocycles. The highest BCUT2D eigenvalue weighted by Crippen LogP contribution is 2.24. The Kier molecular flexibility index (Phi) is 7.51. The van der Waals surface area contributed by atoms with Crippen molar-refractivity contribution in [3.63, 3.8) is 0 Å². The second-order valence-corrected chi connectivity index (χ2v) is 6.03. The van der Waals surface area contributed by atoms with Gasteiger partial charge >= 0.3 is 5.97 Å². The summed E-state index contributed by atoms with van der Waals surface area (Å²) < 4.78 is 5.02. The smallest absolute Gasteiger partial charge is 0.326 e. The van der Waals surface area contributed by atoms with E-state index in [9.17, 15) is 14.4 Å². The molecule has 3 N–H and O–H groups in total. The van der Waals surface area contributed by atoms with Crippen LogP contribution in [0.15, 0.2) is 18.2 Å². The summed E-state index contributed by atoms with van der Waals surface area (Å²) in [4.78, 5) is 34.9. The minimum atomic E-state index is -1.11. The number of halogens is 1. The maximum absolute atomic E-state index is 12.0. The first-order valence-electron chi connectivity index (χ1n) is 7.38. The quantitative estimate of drug-likeness (QED) is 0.657. The first kappa shape index (κ1) is 19.8. The average molecular weight is 357 g/mol. The molecule has 1 aromatic carbocycles. The molecular formula is C16H21ClN2O5. The van der Waals surface area contributed by atoms with Crippen LogP contribution >= 0.6 is 11.6 Å². The SMILES string of the molecule is COc1cc(C(=O)NCC(=O)N[C@@H](CC(C)C)C(=O)O)ccc1Cl. The molecule has 0 aromatic heterocycles. The molecule has 0 saturated heterocycles. The van der Waals surface area contributed by atoms with Crippen LogP contribution in [0, 0.1) is 5.92 Å². The summed E-state index contributed by atoms with van der Waals surface area (Å²) in [6.07, 6.45) is 0.309. The van der Waals surface area contributed by atoms with Crippen molar-refractivity contribution in [2.75, 3.05) is 13.7 Å².